The van der Waals surface area contributed by atoms with Crippen LogP contribution < -0.4 is 0 Å². The zero-order chi connectivity index (χ0) is 16.6. The summed E-state index contributed by atoms with van der Waals surface area (Å²) < 4.78 is 1.48. The van der Waals surface area contributed by atoms with Crippen molar-refractivity contribution in [2.24, 2.45) is 0 Å². The molecule has 23 heavy (non-hydrogen) atoms. The van der Waals surface area contributed by atoms with E-state index in [1.165, 1.54) is 10.9 Å². The number of carboxylic acid groups (broad SMARTS) is 1. The lowest BCUT2D eigenvalue weighted by atomic mass is 10.1. The van der Waals surface area contributed by atoms with Crippen LogP contribution in [0.25, 0.3) is 16.9 Å². The van der Waals surface area contributed by atoms with Crippen molar-refractivity contribution < 1.29 is 9.90 Å². The number of hydrogen-bond acceptors (Lipinski definition) is 2. The van der Waals surface area contributed by atoms with Crippen molar-refractivity contribution in [2.75, 3.05) is 0 Å². The molecule has 4 nitrogen and oxygen atoms in total. The maximum absolute atomic E-state index is 11.5. The molecule has 1 aromatic heterocycles. The predicted octanol–water partition coefficient (Wildman–Crippen LogP) is 5.20. The van der Waals surface area contributed by atoms with Crippen LogP contribution in [0.3, 0.4) is 0 Å². The van der Waals surface area contributed by atoms with Crippen LogP contribution in [0.4, 0.5) is 0 Å². The molecule has 0 fully saturated rings. The first-order valence-corrected chi connectivity index (χ1v) is 7.63. The average molecular weight is 368 g/mol. The fourth-order valence-electron chi connectivity index (χ4n) is 2.23. The van der Waals surface area contributed by atoms with Gasteiger partial charge in [0.15, 0.2) is 0 Å². The summed E-state index contributed by atoms with van der Waals surface area (Å²) in [5.74, 6) is -1.08. The smallest absolute Gasteiger partial charge is 0.339 e. The molecule has 0 radical (unpaired) electrons. The second-order valence-electron chi connectivity index (χ2n) is 4.73. The van der Waals surface area contributed by atoms with Crippen molar-refractivity contribution in [2.45, 2.75) is 0 Å². The Morgan fingerprint density at radius 2 is 1.65 bits per heavy atom. The van der Waals surface area contributed by atoms with Crippen molar-refractivity contribution in [1.29, 1.82) is 0 Å². The summed E-state index contributed by atoms with van der Waals surface area (Å²) in [6.45, 7) is 0. The zero-order valence-corrected chi connectivity index (χ0v) is 13.8. The SMILES string of the molecule is O=C(O)c1cnn(-c2ccc(Cl)cc2Cl)c1-c1ccc(Cl)cc1. The number of halogens is 3. The molecule has 0 spiro atoms. The molecule has 0 bridgehead atoms. The number of aromatic nitrogens is 2. The number of benzene rings is 2. The molecule has 2 aromatic carbocycles. The number of aromatic carboxylic acids is 1. The molecule has 0 amide bonds. The molecule has 0 unspecified atom stereocenters. The van der Waals surface area contributed by atoms with Crippen molar-refractivity contribution in [1.82, 2.24) is 9.78 Å². The highest BCUT2D eigenvalue weighted by atomic mass is 35.5. The Bertz CT molecular complexity index is 889. The highest BCUT2D eigenvalue weighted by Gasteiger charge is 2.20. The standard InChI is InChI=1S/C16H9Cl3N2O2/c17-10-3-1-9(2-4-10)15-12(16(22)23)8-20-21(15)14-6-5-11(18)7-13(14)19/h1-8H,(H,22,23). The lowest BCUT2D eigenvalue weighted by Crippen LogP contribution is -2.03. The third-order valence-electron chi connectivity index (χ3n) is 3.26. The van der Waals surface area contributed by atoms with Crippen LogP contribution in [0.5, 0.6) is 0 Å². The Hall–Kier alpha value is -2.01. The van der Waals surface area contributed by atoms with E-state index >= 15 is 0 Å². The fourth-order valence-corrected chi connectivity index (χ4v) is 2.84. The highest BCUT2D eigenvalue weighted by molar-refractivity contribution is 6.35. The van der Waals surface area contributed by atoms with Crippen LogP contribution >= 0.6 is 34.8 Å². The minimum atomic E-state index is -1.08. The lowest BCUT2D eigenvalue weighted by Gasteiger charge is -2.11. The summed E-state index contributed by atoms with van der Waals surface area (Å²) in [7, 11) is 0. The second-order valence-corrected chi connectivity index (χ2v) is 6.01. The minimum absolute atomic E-state index is 0.0679. The van der Waals surface area contributed by atoms with Crippen molar-refractivity contribution in [3.63, 3.8) is 0 Å². The quantitative estimate of drug-likeness (QED) is 0.692. The van der Waals surface area contributed by atoms with E-state index in [2.05, 4.69) is 5.10 Å². The van der Waals surface area contributed by atoms with E-state index in [4.69, 9.17) is 34.8 Å². The van der Waals surface area contributed by atoms with Gasteiger partial charge < -0.3 is 5.11 Å². The monoisotopic (exact) mass is 366 g/mol. The molecule has 0 aliphatic rings. The summed E-state index contributed by atoms with van der Waals surface area (Å²) in [4.78, 5) is 11.5. The average Bonchev–Trinajstić information content (AvgIpc) is 2.93. The minimum Gasteiger partial charge on any atom is -0.478 e. The van der Waals surface area contributed by atoms with E-state index in [0.717, 1.165) is 0 Å². The third-order valence-corrected chi connectivity index (χ3v) is 4.05. The number of carboxylic acids is 1. The van der Waals surface area contributed by atoms with Gasteiger partial charge >= 0.3 is 5.97 Å². The van der Waals surface area contributed by atoms with Crippen LogP contribution in [0.1, 0.15) is 10.4 Å². The first-order chi connectivity index (χ1) is 11.0. The maximum Gasteiger partial charge on any atom is 0.339 e. The van der Waals surface area contributed by atoms with E-state index in [1.807, 2.05) is 0 Å². The molecule has 7 heteroatoms. The number of hydrogen-bond donors (Lipinski definition) is 1. The van der Waals surface area contributed by atoms with Gasteiger partial charge in [-0.2, -0.15) is 5.10 Å². The summed E-state index contributed by atoms with van der Waals surface area (Å²) in [6.07, 6.45) is 1.29. The largest absolute Gasteiger partial charge is 0.478 e. The van der Waals surface area contributed by atoms with Crippen LogP contribution in [0.2, 0.25) is 15.1 Å². The Morgan fingerprint density at radius 3 is 2.26 bits per heavy atom. The van der Waals surface area contributed by atoms with Gasteiger partial charge in [0.1, 0.15) is 5.56 Å². The van der Waals surface area contributed by atoms with Crippen molar-refractivity contribution >= 4 is 40.8 Å². The van der Waals surface area contributed by atoms with Crippen molar-refractivity contribution in [3.05, 3.63) is 69.3 Å². The Kier molecular flexibility index (Phi) is 4.31. The molecule has 0 atom stereocenters. The van der Waals surface area contributed by atoms with Gasteiger partial charge in [0.2, 0.25) is 0 Å². The Labute approximate surface area is 146 Å². The molecule has 116 valence electrons. The molecule has 0 saturated heterocycles. The molecule has 3 rings (SSSR count). The zero-order valence-electron chi connectivity index (χ0n) is 11.5. The summed E-state index contributed by atoms with van der Waals surface area (Å²) in [5.41, 5.74) is 1.68. The van der Waals surface area contributed by atoms with E-state index in [9.17, 15) is 9.90 Å². The fraction of sp³-hybridized carbons (Fsp3) is 0. The Balaban J connectivity index is 2.26. The van der Waals surface area contributed by atoms with Gasteiger partial charge in [-0.25, -0.2) is 9.48 Å². The number of carbonyl (C=O) groups is 1. The Morgan fingerprint density at radius 1 is 1.00 bits per heavy atom. The summed E-state index contributed by atoms with van der Waals surface area (Å²) >= 11 is 18.0. The molecule has 3 aromatic rings. The molecular weight excluding hydrogens is 359 g/mol. The van der Waals surface area contributed by atoms with Gasteiger partial charge in [-0.05, 0) is 30.3 Å². The second kappa shape index (κ2) is 6.24. The van der Waals surface area contributed by atoms with Crippen LogP contribution in [-0.4, -0.2) is 20.9 Å². The van der Waals surface area contributed by atoms with Gasteiger partial charge in [-0.3, -0.25) is 0 Å². The van der Waals surface area contributed by atoms with Crippen LogP contribution in [0.15, 0.2) is 48.7 Å². The first-order valence-electron chi connectivity index (χ1n) is 6.50. The van der Waals surface area contributed by atoms with Gasteiger partial charge in [0.05, 0.1) is 22.6 Å². The molecular formula is C16H9Cl3N2O2. The van der Waals surface area contributed by atoms with E-state index in [1.54, 1.807) is 42.5 Å². The molecule has 1 N–H and O–H groups in total. The van der Waals surface area contributed by atoms with E-state index in [-0.39, 0.29) is 5.56 Å². The normalized spacial score (nSPS) is 10.7. The van der Waals surface area contributed by atoms with Gasteiger partial charge in [-0.15, -0.1) is 0 Å². The predicted molar refractivity (Wildman–Crippen MR) is 91.0 cm³/mol. The third kappa shape index (κ3) is 3.06. The van der Waals surface area contributed by atoms with Crippen LogP contribution in [0, 0.1) is 0 Å². The maximum atomic E-state index is 11.5. The summed E-state index contributed by atoms with van der Waals surface area (Å²) in [5, 5.41) is 15.0. The highest BCUT2D eigenvalue weighted by Crippen LogP contribution is 2.31. The lowest BCUT2D eigenvalue weighted by molar-refractivity contribution is 0.0697. The van der Waals surface area contributed by atoms with E-state index < -0.39 is 5.97 Å². The van der Waals surface area contributed by atoms with Crippen molar-refractivity contribution in [3.8, 4) is 16.9 Å². The van der Waals surface area contributed by atoms with Crippen LogP contribution in [-0.2, 0) is 0 Å². The molecule has 0 aliphatic heterocycles. The topological polar surface area (TPSA) is 55.1 Å². The van der Waals surface area contributed by atoms with Gasteiger partial charge in [-0.1, -0.05) is 46.9 Å². The molecule has 0 saturated carbocycles. The van der Waals surface area contributed by atoms with Gasteiger partial charge in [0.25, 0.3) is 0 Å². The molecule has 0 aliphatic carbocycles. The number of rotatable bonds is 3. The van der Waals surface area contributed by atoms with E-state index in [0.29, 0.717) is 32.0 Å². The van der Waals surface area contributed by atoms with Gasteiger partial charge in [0, 0.05) is 15.6 Å². The summed E-state index contributed by atoms with van der Waals surface area (Å²) in [6, 6.07) is 11.7. The first kappa shape index (κ1) is 15.9. The number of nitrogens with zero attached hydrogens (tertiary/aromatic N) is 2. The molecule has 1 heterocycles.